The second-order valence-corrected chi connectivity index (χ2v) is 3.87. The van der Waals surface area contributed by atoms with Gasteiger partial charge in [0.2, 0.25) is 11.2 Å². The van der Waals surface area contributed by atoms with Crippen LogP contribution in [0.3, 0.4) is 0 Å². The molecule has 1 amide bonds. The molecule has 18 heavy (non-hydrogen) atoms. The van der Waals surface area contributed by atoms with E-state index in [-0.39, 0.29) is 17.7 Å². The standard InChI is InChI=1S/C12H9ClN4O/c13-12-15-5-6-17(12)8-11(18)16-10-4-2-1-3-9(10)7-14/h1-6H,8H2,(H,16,18). The summed E-state index contributed by atoms with van der Waals surface area (Å²) in [4.78, 5) is 15.6. The van der Waals surface area contributed by atoms with E-state index in [0.717, 1.165) is 0 Å². The third-order valence-electron chi connectivity index (χ3n) is 2.30. The number of carbonyl (C=O) groups is 1. The number of hydrogen-bond donors (Lipinski definition) is 1. The molecule has 0 aliphatic rings. The van der Waals surface area contributed by atoms with Gasteiger partial charge in [-0.3, -0.25) is 4.79 Å². The van der Waals surface area contributed by atoms with Gasteiger partial charge in [0.25, 0.3) is 0 Å². The van der Waals surface area contributed by atoms with Crippen molar-refractivity contribution in [2.75, 3.05) is 5.32 Å². The van der Waals surface area contributed by atoms with E-state index in [9.17, 15) is 4.79 Å². The fourth-order valence-electron chi connectivity index (χ4n) is 1.46. The Morgan fingerprint density at radius 2 is 2.28 bits per heavy atom. The van der Waals surface area contributed by atoms with E-state index in [2.05, 4.69) is 10.3 Å². The van der Waals surface area contributed by atoms with Gasteiger partial charge in [-0.05, 0) is 23.7 Å². The number of nitrogens with zero attached hydrogens (tertiary/aromatic N) is 3. The third kappa shape index (κ3) is 2.67. The maximum atomic E-state index is 11.8. The molecule has 2 aromatic rings. The van der Waals surface area contributed by atoms with Crippen molar-refractivity contribution in [3.05, 3.63) is 47.5 Å². The van der Waals surface area contributed by atoms with Gasteiger partial charge in [-0.2, -0.15) is 5.26 Å². The molecule has 0 saturated heterocycles. The molecule has 5 nitrogen and oxygen atoms in total. The molecule has 2 rings (SSSR count). The summed E-state index contributed by atoms with van der Waals surface area (Å²) in [5.41, 5.74) is 0.906. The number of benzene rings is 1. The molecule has 0 aliphatic carbocycles. The third-order valence-corrected chi connectivity index (χ3v) is 2.61. The highest BCUT2D eigenvalue weighted by atomic mass is 35.5. The van der Waals surface area contributed by atoms with E-state index in [0.29, 0.717) is 11.3 Å². The molecule has 1 aromatic carbocycles. The summed E-state index contributed by atoms with van der Waals surface area (Å²) < 4.78 is 1.51. The quantitative estimate of drug-likeness (QED) is 0.918. The average molecular weight is 261 g/mol. The molecule has 1 heterocycles. The van der Waals surface area contributed by atoms with Gasteiger partial charge in [0.15, 0.2) is 0 Å². The Kier molecular flexibility index (Phi) is 3.60. The maximum absolute atomic E-state index is 11.8. The van der Waals surface area contributed by atoms with Crippen molar-refractivity contribution in [2.45, 2.75) is 6.54 Å². The monoisotopic (exact) mass is 260 g/mol. The number of para-hydroxylation sites is 1. The Bertz CT molecular complexity index is 615. The smallest absolute Gasteiger partial charge is 0.244 e. The molecule has 0 radical (unpaired) electrons. The maximum Gasteiger partial charge on any atom is 0.244 e. The number of nitrogens with one attached hydrogen (secondary N) is 1. The second-order valence-electron chi connectivity index (χ2n) is 3.53. The highest BCUT2D eigenvalue weighted by Gasteiger charge is 2.08. The van der Waals surface area contributed by atoms with Crippen LogP contribution in [0.25, 0.3) is 0 Å². The van der Waals surface area contributed by atoms with Crippen molar-refractivity contribution in [1.82, 2.24) is 9.55 Å². The first-order chi connectivity index (χ1) is 8.70. The van der Waals surface area contributed by atoms with Crippen LogP contribution in [0, 0.1) is 11.3 Å². The van der Waals surface area contributed by atoms with Gasteiger partial charge < -0.3 is 9.88 Å². The number of anilines is 1. The van der Waals surface area contributed by atoms with E-state index in [1.807, 2.05) is 6.07 Å². The molecule has 90 valence electrons. The summed E-state index contributed by atoms with van der Waals surface area (Å²) >= 11 is 5.76. The molecule has 0 spiro atoms. The SMILES string of the molecule is N#Cc1ccccc1NC(=O)Cn1ccnc1Cl. The largest absolute Gasteiger partial charge is 0.323 e. The first-order valence-corrected chi connectivity index (χ1v) is 5.54. The number of hydrogen-bond acceptors (Lipinski definition) is 3. The van der Waals surface area contributed by atoms with Crippen LogP contribution in [0.5, 0.6) is 0 Å². The van der Waals surface area contributed by atoms with Crippen molar-refractivity contribution >= 4 is 23.2 Å². The molecule has 0 unspecified atom stereocenters. The summed E-state index contributed by atoms with van der Waals surface area (Å²) in [6.07, 6.45) is 3.12. The zero-order valence-corrected chi connectivity index (χ0v) is 10.1. The van der Waals surface area contributed by atoms with E-state index >= 15 is 0 Å². The Morgan fingerprint density at radius 3 is 2.94 bits per heavy atom. The zero-order valence-electron chi connectivity index (χ0n) is 9.30. The van der Waals surface area contributed by atoms with Crippen LogP contribution in [-0.4, -0.2) is 15.5 Å². The summed E-state index contributed by atoms with van der Waals surface area (Å²) in [5, 5.41) is 11.8. The minimum absolute atomic E-state index is 0.0542. The molecule has 0 bridgehead atoms. The zero-order chi connectivity index (χ0) is 13.0. The summed E-state index contributed by atoms with van der Waals surface area (Å²) in [6.45, 7) is 0.0542. The number of nitriles is 1. The van der Waals surface area contributed by atoms with Gasteiger partial charge in [-0.1, -0.05) is 12.1 Å². The minimum Gasteiger partial charge on any atom is -0.323 e. The lowest BCUT2D eigenvalue weighted by molar-refractivity contribution is -0.116. The van der Waals surface area contributed by atoms with Crippen LogP contribution in [0.2, 0.25) is 5.28 Å². The highest BCUT2D eigenvalue weighted by molar-refractivity contribution is 6.28. The molecule has 0 aliphatic heterocycles. The fourth-order valence-corrected chi connectivity index (χ4v) is 1.64. The number of carbonyl (C=O) groups excluding carboxylic acids is 1. The Hall–Kier alpha value is -2.32. The normalized spacial score (nSPS) is 9.78. The van der Waals surface area contributed by atoms with Crippen molar-refractivity contribution in [1.29, 1.82) is 5.26 Å². The Morgan fingerprint density at radius 1 is 1.50 bits per heavy atom. The average Bonchev–Trinajstić information content (AvgIpc) is 2.75. The van der Waals surface area contributed by atoms with Crippen LogP contribution in [-0.2, 0) is 11.3 Å². The first kappa shape index (κ1) is 12.1. The minimum atomic E-state index is -0.266. The van der Waals surface area contributed by atoms with Gasteiger partial charge in [-0.25, -0.2) is 4.98 Å². The lowest BCUT2D eigenvalue weighted by Crippen LogP contribution is -2.19. The van der Waals surface area contributed by atoms with E-state index in [1.165, 1.54) is 10.8 Å². The predicted molar refractivity (Wildman–Crippen MR) is 67.0 cm³/mol. The lowest BCUT2D eigenvalue weighted by Gasteiger charge is -2.07. The number of aromatic nitrogens is 2. The number of halogens is 1. The van der Waals surface area contributed by atoms with Crippen molar-refractivity contribution in [3.8, 4) is 6.07 Å². The van der Waals surface area contributed by atoms with E-state index in [4.69, 9.17) is 16.9 Å². The van der Waals surface area contributed by atoms with E-state index in [1.54, 1.807) is 30.5 Å². The Labute approximate surface area is 109 Å². The summed E-state index contributed by atoms with van der Waals surface area (Å²) in [5.74, 6) is -0.266. The van der Waals surface area contributed by atoms with Gasteiger partial charge in [-0.15, -0.1) is 0 Å². The van der Waals surface area contributed by atoms with Crippen molar-refractivity contribution in [2.24, 2.45) is 0 Å². The molecule has 0 saturated carbocycles. The fraction of sp³-hybridized carbons (Fsp3) is 0.0833. The highest BCUT2D eigenvalue weighted by Crippen LogP contribution is 2.13. The van der Waals surface area contributed by atoms with Gasteiger partial charge >= 0.3 is 0 Å². The second kappa shape index (κ2) is 5.34. The van der Waals surface area contributed by atoms with Gasteiger partial charge in [0.05, 0.1) is 11.3 Å². The summed E-state index contributed by atoms with van der Waals surface area (Å²) in [7, 11) is 0. The van der Waals surface area contributed by atoms with Crippen LogP contribution in [0.15, 0.2) is 36.7 Å². The molecule has 1 N–H and O–H groups in total. The molecule has 0 fully saturated rings. The lowest BCUT2D eigenvalue weighted by atomic mass is 10.2. The van der Waals surface area contributed by atoms with Crippen molar-refractivity contribution < 1.29 is 4.79 Å². The van der Waals surface area contributed by atoms with Crippen molar-refractivity contribution in [3.63, 3.8) is 0 Å². The molecule has 6 heteroatoms. The molecule has 1 aromatic heterocycles. The molecular formula is C12H9ClN4O. The number of imidazole rings is 1. The predicted octanol–water partition coefficient (Wildman–Crippen LogP) is 2.05. The molecular weight excluding hydrogens is 252 g/mol. The van der Waals surface area contributed by atoms with Gasteiger partial charge in [0.1, 0.15) is 12.6 Å². The number of rotatable bonds is 3. The Balaban J connectivity index is 2.08. The van der Waals surface area contributed by atoms with Crippen LogP contribution in [0.1, 0.15) is 5.56 Å². The number of amides is 1. The summed E-state index contributed by atoms with van der Waals surface area (Å²) in [6, 6.07) is 8.81. The molecule has 0 atom stereocenters. The van der Waals surface area contributed by atoms with Crippen LogP contribution in [0.4, 0.5) is 5.69 Å². The van der Waals surface area contributed by atoms with Crippen LogP contribution < -0.4 is 5.32 Å². The van der Waals surface area contributed by atoms with Gasteiger partial charge in [0, 0.05) is 12.4 Å². The van der Waals surface area contributed by atoms with Crippen LogP contribution >= 0.6 is 11.6 Å². The first-order valence-electron chi connectivity index (χ1n) is 5.16. The topological polar surface area (TPSA) is 70.7 Å². The van der Waals surface area contributed by atoms with E-state index < -0.39 is 0 Å².